The van der Waals surface area contributed by atoms with E-state index in [0.717, 1.165) is 16.7 Å². The molecule has 0 radical (unpaired) electrons. The Labute approximate surface area is 89.9 Å². The predicted molar refractivity (Wildman–Crippen MR) is 64.3 cm³/mol. The van der Waals surface area contributed by atoms with Crippen LogP contribution < -0.4 is 5.32 Å². The Bertz CT molecular complexity index is 477. The maximum absolute atomic E-state index is 4.20. The van der Waals surface area contributed by atoms with Crippen molar-refractivity contribution >= 4 is 16.7 Å². The van der Waals surface area contributed by atoms with Gasteiger partial charge in [0.05, 0.1) is 5.52 Å². The van der Waals surface area contributed by atoms with Crippen LogP contribution in [0.5, 0.6) is 0 Å². The number of fused-ring (bicyclic) bond motifs is 1. The van der Waals surface area contributed by atoms with Crippen molar-refractivity contribution in [3.8, 4) is 0 Å². The van der Waals surface area contributed by atoms with Crippen molar-refractivity contribution in [3.05, 3.63) is 23.8 Å². The molecule has 0 fully saturated rings. The molecule has 0 saturated heterocycles. The highest BCUT2D eigenvalue weighted by molar-refractivity contribution is 5.90. The van der Waals surface area contributed by atoms with Gasteiger partial charge in [-0.15, -0.1) is 0 Å². The summed E-state index contributed by atoms with van der Waals surface area (Å²) in [6.07, 6.45) is 0. The average Bonchev–Trinajstić information content (AvgIpc) is 2.57. The summed E-state index contributed by atoms with van der Waals surface area (Å²) in [6, 6.07) is 6.44. The molecular formula is C12H17N3. The van der Waals surface area contributed by atoms with E-state index in [1.165, 1.54) is 5.56 Å². The number of anilines is 1. The van der Waals surface area contributed by atoms with Crippen LogP contribution in [-0.2, 0) is 5.41 Å². The Morgan fingerprint density at radius 1 is 1.27 bits per heavy atom. The summed E-state index contributed by atoms with van der Waals surface area (Å²) in [6.45, 7) is 6.65. The molecule has 0 aliphatic carbocycles. The number of aromatic amines is 1. The van der Waals surface area contributed by atoms with Crippen molar-refractivity contribution in [3.63, 3.8) is 0 Å². The summed E-state index contributed by atoms with van der Waals surface area (Å²) in [4.78, 5) is 0. The molecule has 15 heavy (non-hydrogen) atoms. The minimum atomic E-state index is 0.177. The highest BCUT2D eigenvalue weighted by Gasteiger charge is 2.15. The van der Waals surface area contributed by atoms with Crippen molar-refractivity contribution in [2.24, 2.45) is 0 Å². The van der Waals surface area contributed by atoms with Crippen LogP contribution in [0.15, 0.2) is 18.2 Å². The number of benzene rings is 1. The van der Waals surface area contributed by atoms with E-state index < -0.39 is 0 Å². The Hall–Kier alpha value is -1.51. The quantitative estimate of drug-likeness (QED) is 0.748. The molecule has 0 unspecified atom stereocenters. The monoisotopic (exact) mass is 203 g/mol. The van der Waals surface area contributed by atoms with Crippen LogP contribution >= 0.6 is 0 Å². The lowest BCUT2D eigenvalue weighted by molar-refractivity contribution is 0.591. The maximum atomic E-state index is 4.20. The van der Waals surface area contributed by atoms with Gasteiger partial charge in [0, 0.05) is 12.4 Å². The third-order valence-corrected chi connectivity index (χ3v) is 2.67. The van der Waals surface area contributed by atoms with Gasteiger partial charge in [-0.3, -0.25) is 5.10 Å². The SMILES string of the molecule is CNc1n[nH]c2ccc(C(C)(C)C)cc12. The van der Waals surface area contributed by atoms with Gasteiger partial charge in [-0.1, -0.05) is 26.8 Å². The minimum Gasteiger partial charge on any atom is -0.371 e. The van der Waals surface area contributed by atoms with Crippen molar-refractivity contribution in [1.82, 2.24) is 10.2 Å². The first-order valence-corrected chi connectivity index (χ1v) is 5.19. The lowest BCUT2D eigenvalue weighted by Crippen LogP contribution is -2.10. The summed E-state index contributed by atoms with van der Waals surface area (Å²) in [5, 5.41) is 11.4. The largest absolute Gasteiger partial charge is 0.371 e. The Kier molecular flexibility index (Phi) is 2.18. The molecule has 1 aromatic carbocycles. The van der Waals surface area contributed by atoms with Crippen LogP contribution in [0.4, 0.5) is 5.82 Å². The number of H-pyrrole nitrogens is 1. The number of rotatable bonds is 1. The van der Waals surface area contributed by atoms with Crippen molar-refractivity contribution in [1.29, 1.82) is 0 Å². The maximum Gasteiger partial charge on any atom is 0.155 e. The highest BCUT2D eigenvalue weighted by atomic mass is 15.2. The molecule has 3 nitrogen and oxygen atoms in total. The van der Waals surface area contributed by atoms with Gasteiger partial charge in [-0.05, 0) is 23.1 Å². The third-order valence-electron chi connectivity index (χ3n) is 2.67. The van der Waals surface area contributed by atoms with Crippen LogP contribution in [0.25, 0.3) is 10.9 Å². The van der Waals surface area contributed by atoms with Gasteiger partial charge in [-0.25, -0.2) is 0 Å². The number of nitrogens with one attached hydrogen (secondary N) is 2. The average molecular weight is 203 g/mol. The predicted octanol–water partition coefficient (Wildman–Crippen LogP) is 2.90. The first-order chi connectivity index (χ1) is 7.02. The van der Waals surface area contributed by atoms with Crippen LogP contribution in [0, 0.1) is 0 Å². The van der Waals surface area contributed by atoms with Crippen LogP contribution in [0.2, 0.25) is 0 Å². The third kappa shape index (κ3) is 1.69. The normalized spacial score (nSPS) is 12.0. The highest BCUT2D eigenvalue weighted by Crippen LogP contribution is 2.28. The van der Waals surface area contributed by atoms with Gasteiger partial charge < -0.3 is 5.32 Å². The summed E-state index contributed by atoms with van der Waals surface area (Å²) >= 11 is 0. The molecular weight excluding hydrogens is 186 g/mol. The van der Waals surface area contributed by atoms with Crippen LogP contribution in [0.1, 0.15) is 26.3 Å². The van der Waals surface area contributed by atoms with E-state index in [9.17, 15) is 0 Å². The fraction of sp³-hybridized carbons (Fsp3) is 0.417. The molecule has 80 valence electrons. The lowest BCUT2D eigenvalue weighted by atomic mass is 9.86. The van der Waals surface area contributed by atoms with Crippen molar-refractivity contribution in [2.75, 3.05) is 12.4 Å². The molecule has 0 aliphatic heterocycles. The van der Waals surface area contributed by atoms with Crippen LogP contribution in [-0.4, -0.2) is 17.2 Å². The Balaban J connectivity index is 2.63. The van der Waals surface area contributed by atoms with Crippen molar-refractivity contribution in [2.45, 2.75) is 26.2 Å². The lowest BCUT2D eigenvalue weighted by Gasteiger charge is -2.18. The van der Waals surface area contributed by atoms with Gasteiger partial charge >= 0.3 is 0 Å². The van der Waals surface area contributed by atoms with Crippen molar-refractivity contribution < 1.29 is 0 Å². The minimum absolute atomic E-state index is 0.177. The summed E-state index contributed by atoms with van der Waals surface area (Å²) in [5.74, 6) is 0.913. The smallest absolute Gasteiger partial charge is 0.155 e. The summed E-state index contributed by atoms with van der Waals surface area (Å²) in [7, 11) is 1.89. The molecule has 2 aromatic rings. The van der Waals surface area contributed by atoms with Gasteiger partial charge in [-0.2, -0.15) is 5.10 Å². The Morgan fingerprint density at radius 3 is 2.60 bits per heavy atom. The molecule has 0 spiro atoms. The van der Waals surface area contributed by atoms with Gasteiger partial charge in [0.2, 0.25) is 0 Å². The molecule has 0 atom stereocenters. The van der Waals surface area contributed by atoms with Crippen LogP contribution in [0.3, 0.4) is 0 Å². The van der Waals surface area contributed by atoms with Gasteiger partial charge in [0.1, 0.15) is 0 Å². The molecule has 1 aromatic heterocycles. The second kappa shape index (κ2) is 3.26. The fourth-order valence-corrected chi connectivity index (χ4v) is 1.67. The number of aromatic nitrogens is 2. The number of hydrogen-bond donors (Lipinski definition) is 2. The van der Waals surface area contributed by atoms with E-state index in [0.29, 0.717) is 0 Å². The summed E-state index contributed by atoms with van der Waals surface area (Å²) in [5.41, 5.74) is 2.58. The van der Waals surface area contributed by atoms with E-state index in [1.807, 2.05) is 7.05 Å². The molecule has 0 amide bonds. The molecule has 0 bridgehead atoms. The number of hydrogen-bond acceptors (Lipinski definition) is 2. The molecule has 1 heterocycles. The Morgan fingerprint density at radius 2 is 2.00 bits per heavy atom. The molecule has 0 saturated carbocycles. The second-order valence-corrected chi connectivity index (χ2v) is 4.83. The fourth-order valence-electron chi connectivity index (χ4n) is 1.67. The first-order valence-electron chi connectivity index (χ1n) is 5.19. The zero-order valence-electron chi connectivity index (χ0n) is 9.68. The van der Waals surface area contributed by atoms with Gasteiger partial charge in [0.25, 0.3) is 0 Å². The molecule has 3 heteroatoms. The van der Waals surface area contributed by atoms with E-state index in [-0.39, 0.29) is 5.41 Å². The topological polar surface area (TPSA) is 40.7 Å². The van der Waals surface area contributed by atoms with E-state index in [1.54, 1.807) is 0 Å². The second-order valence-electron chi connectivity index (χ2n) is 4.83. The van der Waals surface area contributed by atoms with E-state index in [4.69, 9.17) is 0 Å². The molecule has 0 aliphatic rings. The molecule has 2 rings (SSSR count). The number of nitrogens with zero attached hydrogens (tertiary/aromatic N) is 1. The van der Waals surface area contributed by atoms with E-state index >= 15 is 0 Å². The van der Waals surface area contributed by atoms with E-state index in [2.05, 4.69) is 54.5 Å². The first kappa shape index (κ1) is 10.0. The standard InChI is InChI=1S/C12H17N3/c1-12(2,3)8-5-6-10-9(7-8)11(13-4)15-14-10/h5-7H,1-4H3,(H2,13,14,15). The zero-order valence-corrected chi connectivity index (χ0v) is 9.68. The zero-order chi connectivity index (χ0) is 11.1. The molecule has 2 N–H and O–H groups in total. The summed E-state index contributed by atoms with van der Waals surface area (Å²) < 4.78 is 0. The van der Waals surface area contributed by atoms with Gasteiger partial charge in [0.15, 0.2) is 5.82 Å².